The van der Waals surface area contributed by atoms with E-state index in [1.165, 1.54) is 37.3 Å². The van der Waals surface area contributed by atoms with Gasteiger partial charge in [0, 0.05) is 59.9 Å². The second kappa shape index (κ2) is 9.78. The van der Waals surface area contributed by atoms with Crippen molar-refractivity contribution in [3.05, 3.63) is 35.4 Å². The topological polar surface area (TPSA) is 34.1 Å². The van der Waals surface area contributed by atoms with Crippen LogP contribution in [0.3, 0.4) is 0 Å². The number of likely N-dealkylation sites (N-methyl/N-ethyl adjacent to an activating group) is 1. The first-order valence-electron chi connectivity index (χ1n) is 9.36. The SMILES string of the molecule is CN=C(NCC(C)CN1CCN(C)CC1)N(C)Cc1ccccc1C. The number of hydrogen-bond acceptors (Lipinski definition) is 3. The van der Waals surface area contributed by atoms with Crippen LogP contribution in [-0.2, 0) is 6.54 Å². The van der Waals surface area contributed by atoms with Crippen molar-refractivity contribution in [1.82, 2.24) is 20.0 Å². The molecule has 0 aromatic heterocycles. The van der Waals surface area contributed by atoms with E-state index in [4.69, 9.17) is 0 Å². The van der Waals surface area contributed by atoms with Gasteiger partial charge in [-0.1, -0.05) is 31.2 Å². The summed E-state index contributed by atoms with van der Waals surface area (Å²) in [7, 11) is 6.17. The zero-order valence-corrected chi connectivity index (χ0v) is 16.6. The van der Waals surface area contributed by atoms with Gasteiger partial charge in [-0.15, -0.1) is 0 Å². The minimum absolute atomic E-state index is 0.604. The molecule has 1 N–H and O–H groups in total. The van der Waals surface area contributed by atoms with E-state index < -0.39 is 0 Å². The minimum atomic E-state index is 0.604. The molecule has 0 spiro atoms. The molecule has 2 rings (SSSR count). The lowest BCUT2D eigenvalue weighted by molar-refractivity contribution is 0.139. The minimum Gasteiger partial charge on any atom is -0.356 e. The highest BCUT2D eigenvalue weighted by atomic mass is 15.3. The highest BCUT2D eigenvalue weighted by Gasteiger charge is 2.16. The van der Waals surface area contributed by atoms with E-state index in [9.17, 15) is 0 Å². The Balaban J connectivity index is 1.78. The Kier molecular flexibility index (Phi) is 7.72. The molecular formula is C20H35N5. The van der Waals surface area contributed by atoms with Crippen molar-refractivity contribution in [1.29, 1.82) is 0 Å². The smallest absolute Gasteiger partial charge is 0.193 e. The summed E-state index contributed by atoms with van der Waals surface area (Å²) in [5.41, 5.74) is 2.67. The Bertz CT molecular complexity index is 549. The molecule has 0 saturated carbocycles. The van der Waals surface area contributed by atoms with Crippen molar-refractivity contribution in [2.24, 2.45) is 10.9 Å². The van der Waals surface area contributed by atoms with E-state index in [-0.39, 0.29) is 0 Å². The third-order valence-electron chi connectivity index (χ3n) is 5.02. The first kappa shape index (κ1) is 19.7. The van der Waals surface area contributed by atoms with Crippen LogP contribution >= 0.6 is 0 Å². The summed E-state index contributed by atoms with van der Waals surface area (Å²) in [5.74, 6) is 1.57. The van der Waals surface area contributed by atoms with Crippen LogP contribution in [0, 0.1) is 12.8 Å². The maximum Gasteiger partial charge on any atom is 0.193 e. The standard InChI is InChI=1S/C20H35N5/c1-17(15-25-12-10-23(4)11-13-25)14-22-20(21-3)24(5)16-19-9-7-6-8-18(19)2/h6-9,17H,10-16H2,1-5H3,(H,21,22). The van der Waals surface area contributed by atoms with Crippen molar-refractivity contribution in [3.63, 3.8) is 0 Å². The van der Waals surface area contributed by atoms with Gasteiger partial charge in [0.2, 0.25) is 0 Å². The molecule has 140 valence electrons. The molecule has 5 nitrogen and oxygen atoms in total. The molecule has 0 radical (unpaired) electrons. The van der Waals surface area contributed by atoms with Gasteiger partial charge in [0.25, 0.3) is 0 Å². The summed E-state index contributed by atoms with van der Waals surface area (Å²) in [5, 5.41) is 3.55. The molecule has 1 atom stereocenters. The van der Waals surface area contributed by atoms with Gasteiger partial charge >= 0.3 is 0 Å². The quantitative estimate of drug-likeness (QED) is 0.631. The average molecular weight is 346 g/mol. The maximum absolute atomic E-state index is 4.45. The zero-order valence-electron chi connectivity index (χ0n) is 16.6. The summed E-state index contributed by atoms with van der Waals surface area (Å²) in [6, 6.07) is 8.54. The second-order valence-electron chi connectivity index (χ2n) is 7.42. The molecule has 0 aliphatic carbocycles. The summed E-state index contributed by atoms with van der Waals surface area (Å²) in [6.07, 6.45) is 0. The van der Waals surface area contributed by atoms with Gasteiger partial charge in [-0.05, 0) is 31.0 Å². The number of guanidine groups is 1. The Hall–Kier alpha value is -1.59. The number of hydrogen-bond donors (Lipinski definition) is 1. The van der Waals surface area contributed by atoms with E-state index in [1.807, 2.05) is 7.05 Å². The van der Waals surface area contributed by atoms with Crippen molar-refractivity contribution in [2.75, 3.05) is 60.4 Å². The number of nitrogens with one attached hydrogen (secondary N) is 1. The number of rotatable bonds is 6. The predicted octanol–water partition coefficient (Wildman–Crippen LogP) is 1.89. The van der Waals surface area contributed by atoms with Crippen molar-refractivity contribution < 1.29 is 0 Å². The molecule has 1 aliphatic heterocycles. The zero-order chi connectivity index (χ0) is 18.2. The predicted molar refractivity (Wildman–Crippen MR) is 107 cm³/mol. The number of aliphatic imine (C=N–C) groups is 1. The molecular weight excluding hydrogens is 310 g/mol. The Morgan fingerprint density at radius 2 is 1.92 bits per heavy atom. The average Bonchev–Trinajstić information content (AvgIpc) is 2.59. The molecule has 0 amide bonds. The highest BCUT2D eigenvalue weighted by Crippen LogP contribution is 2.10. The third-order valence-corrected chi connectivity index (χ3v) is 5.02. The molecule has 1 aromatic rings. The lowest BCUT2D eigenvalue weighted by Gasteiger charge is -2.34. The lowest BCUT2D eigenvalue weighted by Crippen LogP contribution is -2.47. The molecule has 25 heavy (non-hydrogen) atoms. The summed E-state index contributed by atoms with van der Waals surface area (Å²) < 4.78 is 0. The van der Waals surface area contributed by atoms with Crippen LogP contribution in [0.5, 0.6) is 0 Å². The van der Waals surface area contributed by atoms with E-state index in [0.29, 0.717) is 5.92 Å². The fourth-order valence-electron chi connectivity index (χ4n) is 3.30. The number of nitrogens with zero attached hydrogens (tertiary/aromatic N) is 4. The summed E-state index contributed by atoms with van der Waals surface area (Å²) in [4.78, 5) is 11.6. The fourth-order valence-corrected chi connectivity index (χ4v) is 3.30. The molecule has 0 bridgehead atoms. The van der Waals surface area contributed by atoms with E-state index >= 15 is 0 Å². The molecule has 5 heteroatoms. The van der Waals surface area contributed by atoms with Crippen molar-refractivity contribution in [3.8, 4) is 0 Å². The molecule has 1 fully saturated rings. The maximum atomic E-state index is 4.45. The molecule has 1 unspecified atom stereocenters. The molecule has 1 aliphatic rings. The second-order valence-corrected chi connectivity index (χ2v) is 7.42. The Labute approximate surface area is 153 Å². The van der Waals surface area contributed by atoms with Crippen LogP contribution in [0.25, 0.3) is 0 Å². The van der Waals surface area contributed by atoms with Crippen LogP contribution in [0.15, 0.2) is 29.3 Å². The van der Waals surface area contributed by atoms with Crippen LogP contribution in [0.2, 0.25) is 0 Å². The Morgan fingerprint density at radius 3 is 2.56 bits per heavy atom. The summed E-state index contributed by atoms with van der Waals surface area (Å²) in [6.45, 7) is 12.2. The number of benzene rings is 1. The third kappa shape index (κ3) is 6.33. The molecule has 1 aromatic carbocycles. The van der Waals surface area contributed by atoms with Crippen LogP contribution in [0.1, 0.15) is 18.1 Å². The lowest BCUT2D eigenvalue weighted by atomic mass is 10.1. The molecule has 1 saturated heterocycles. The monoisotopic (exact) mass is 345 g/mol. The molecule has 1 heterocycles. The Morgan fingerprint density at radius 1 is 1.24 bits per heavy atom. The van der Waals surface area contributed by atoms with Crippen molar-refractivity contribution >= 4 is 5.96 Å². The van der Waals surface area contributed by atoms with E-state index in [2.05, 4.69) is 77.2 Å². The highest BCUT2D eigenvalue weighted by molar-refractivity contribution is 5.79. The fraction of sp³-hybridized carbons (Fsp3) is 0.650. The van der Waals surface area contributed by atoms with Crippen LogP contribution in [0.4, 0.5) is 0 Å². The van der Waals surface area contributed by atoms with Gasteiger partial charge in [0.15, 0.2) is 5.96 Å². The van der Waals surface area contributed by atoms with Gasteiger partial charge in [0.05, 0.1) is 0 Å². The van der Waals surface area contributed by atoms with Gasteiger partial charge in [0.1, 0.15) is 0 Å². The largest absolute Gasteiger partial charge is 0.356 e. The van der Waals surface area contributed by atoms with Gasteiger partial charge in [-0.3, -0.25) is 4.99 Å². The van der Waals surface area contributed by atoms with Crippen LogP contribution < -0.4 is 5.32 Å². The van der Waals surface area contributed by atoms with E-state index in [1.54, 1.807) is 0 Å². The first-order valence-corrected chi connectivity index (χ1v) is 9.36. The van der Waals surface area contributed by atoms with Crippen molar-refractivity contribution in [2.45, 2.75) is 20.4 Å². The number of aryl methyl sites for hydroxylation is 1. The van der Waals surface area contributed by atoms with Crippen LogP contribution in [-0.4, -0.2) is 81.1 Å². The van der Waals surface area contributed by atoms with E-state index in [0.717, 1.165) is 25.6 Å². The summed E-state index contributed by atoms with van der Waals surface area (Å²) >= 11 is 0. The van der Waals surface area contributed by atoms with Gasteiger partial charge < -0.3 is 20.0 Å². The number of piperazine rings is 1. The van der Waals surface area contributed by atoms with Gasteiger partial charge in [-0.2, -0.15) is 0 Å². The normalized spacial score (nSPS) is 18.2. The van der Waals surface area contributed by atoms with Gasteiger partial charge in [-0.25, -0.2) is 0 Å². The first-order chi connectivity index (χ1) is 12.0.